The molecule has 2 heterocycles. The summed E-state index contributed by atoms with van der Waals surface area (Å²) < 4.78 is 18.0. The number of furan rings is 1. The highest BCUT2D eigenvalue weighted by Gasteiger charge is 2.27. The molecule has 0 unspecified atom stereocenters. The molecule has 4 rings (SSSR count). The van der Waals surface area contributed by atoms with E-state index in [4.69, 9.17) is 13.9 Å². The number of ether oxygens (including phenoxy) is 2. The molecule has 3 aromatic rings. The van der Waals surface area contributed by atoms with E-state index in [-0.39, 0.29) is 18.7 Å². The van der Waals surface area contributed by atoms with Crippen LogP contribution in [0.4, 0.5) is 0 Å². The van der Waals surface area contributed by atoms with Crippen molar-refractivity contribution < 1.29 is 18.7 Å². The van der Waals surface area contributed by atoms with Crippen molar-refractivity contribution in [3.63, 3.8) is 0 Å². The van der Waals surface area contributed by atoms with E-state index < -0.39 is 5.60 Å². The molecule has 33 heavy (non-hydrogen) atoms. The number of carbonyl (C=O) groups excluding carboxylic acids is 1. The van der Waals surface area contributed by atoms with E-state index in [1.54, 1.807) is 6.33 Å². The van der Waals surface area contributed by atoms with Gasteiger partial charge in [0.25, 0.3) is 0 Å². The van der Waals surface area contributed by atoms with Gasteiger partial charge in [0.05, 0.1) is 17.2 Å². The average molecular weight is 515 g/mol. The van der Waals surface area contributed by atoms with E-state index in [1.165, 1.54) is 0 Å². The molecule has 7 heteroatoms. The molecule has 1 aliphatic rings. The summed E-state index contributed by atoms with van der Waals surface area (Å²) in [5, 5.41) is 0.962. The third-order valence-electron chi connectivity index (χ3n) is 6.48. The standard InChI is InChI=1S/C26H31BrN2O4/c1-4-26(2,3)33-21(30)15-31-19-12-8-9-17(13-19)14-20-23-22(18-10-6-5-7-11-18)24(27)32-25(23)29-16-28-20/h5-7,10-11,16-17,19H,4,8-9,12-15H2,1-3H3/t17-,19+/m0/s1. The number of fused-ring (bicyclic) bond motifs is 1. The van der Waals surface area contributed by atoms with Crippen LogP contribution in [0.1, 0.15) is 58.6 Å². The first-order valence-corrected chi connectivity index (χ1v) is 12.5. The SMILES string of the molecule is CCC(C)(C)OC(=O)CO[C@@H]1CCC[C@H](Cc2ncnc3oc(Br)c(-c4ccccc4)c23)C1. The number of hydrogen-bond donors (Lipinski definition) is 0. The molecule has 0 radical (unpaired) electrons. The van der Waals surface area contributed by atoms with E-state index in [0.717, 1.165) is 60.7 Å². The zero-order valence-electron chi connectivity index (χ0n) is 19.5. The van der Waals surface area contributed by atoms with Crippen molar-refractivity contribution in [2.24, 2.45) is 5.92 Å². The maximum absolute atomic E-state index is 12.2. The maximum atomic E-state index is 12.2. The topological polar surface area (TPSA) is 74.5 Å². The minimum atomic E-state index is -0.455. The summed E-state index contributed by atoms with van der Waals surface area (Å²) in [6.07, 6.45) is 7.26. The van der Waals surface area contributed by atoms with Crippen LogP contribution in [0.15, 0.2) is 45.7 Å². The van der Waals surface area contributed by atoms with Gasteiger partial charge in [-0.15, -0.1) is 0 Å². The Hall–Kier alpha value is -2.25. The van der Waals surface area contributed by atoms with Crippen molar-refractivity contribution in [3.8, 4) is 11.1 Å². The molecule has 2 aromatic heterocycles. The van der Waals surface area contributed by atoms with Crippen LogP contribution in [0.5, 0.6) is 0 Å². The van der Waals surface area contributed by atoms with Crippen LogP contribution in [-0.4, -0.2) is 34.2 Å². The smallest absolute Gasteiger partial charge is 0.332 e. The van der Waals surface area contributed by atoms with Gasteiger partial charge in [-0.1, -0.05) is 43.7 Å². The Bertz CT molecular complexity index is 1100. The maximum Gasteiger partial charge on any atom is 0.332 e. The van der Waals surface area contributed by atoms with E-state index >= 15 is 0 Å². The van der Waals surface area contributed by atoms with Crippen LogP contribution in [0.25, 0.3) is 22.2 Å². The van der Waals surface area contributed by atoms with Gasteiger partial charge in [0.2, 0.25) is 5.71 Å². The molecule has 1 aromatic carbocycles. The summed E-state index contributed by atoms with van der Waals surface area (Å²) in [4.78, 5) is 21.2. The lowest BCUT2D eigenvalue weighted by atomic mass is 9.83. The van der Waals surface area contributed by atoms with Crippen molar-refractivity contribution in [1.82, 2.24) is 9.97 Å². The van der Waals surface area contributed by atoms with Gasteiger partial charge in [0.15, 0.2) is 4.67 Å². The molecular weight excluding hydrogens is 484 g/mol. The Morgan fingerprint density at radius 3 is 2.76 bits per heavy atom. The molecule has 0 aliphatic heterocycles. The number of carbonyl (C=O) groups is 1. The Labute approximate surface area is 203 Å². The minimum Gasteiger partial charge on any atom is -0.458 e. The lowest BCUT2D eigenvalue weighted by Crippen LogP contribution is -2.32. The highest BCUT2D eigenvalue weighted by atomic mass is 79.9. The normalized spacial score (nSPS) is 19.0. The summed E-state index contributed by atoms with van der Waals surface area (Å²) in [5.41, 5.74) is 3.19. The zero-order chi connectivity index (χ0) is 23.4. The van der Waals surface area contributed by atoms with Gasteiger partial charge in [-0.3, -0.25) is 0 Å². The highest BCUT2D eigenvalue weighted by molar-refractivity contribution is 9.10. The number of benzene rings is 1. The number of nitrogens with zero attached hydrogens (tertiary/aromatic N) is 2. The van der Waals surface area contributed by atoms with Crippen LogP contribution >= 0.6 is 15.9 Å². The van der Waals surface area contributed by atoms with E-state index in [0.29, 0.717) is 16.3 Å². The first-order chi connectivity index (χ1) is 15.9. The van der Waals surface area contributed by atoms with Crippen LogP contribution in [0, 0.1) is 5.92 Å². The lowest BCUT2D eigenvalue weighted by molar-refractivity contribution is -0.165. The van der Waals surface area contributed by atoms with E-state index in [2.05, 4.69) is 38.0 Å². The van der Waals surface area contributed by atoms with Crippen molar-refractivity contribution in [2.75, 3.05) is 6.61 Å². The number of halogens is 1. The minimum absolute atomic E-state index is 0.00536. The lowest BCUT2D eigenvalue weighted by Gasteiger charge is -2.29. The molecule has 176 valence electrons. The average Bonchev–Trinajstić information content (AvgIpc) is 3.15. The molecule has 1 fully saturated rings. The van der Waals surface area contributed by atoms with Gasteiger partial charge < -0.3 is 13.9 Å². The van der Waals surface area contributed by atoms with Crippen molar-refractivity contribution in [1.29, 1.82) is 0 Å². The fraction of sp³-hybridized carbons (Fsp3) is 0.500. The summed E-state index contributed by atoms with van der Waals surface area (Å²) >= 11 is 3.58. The first-order valence-electron chi connectivity index (χ1n) is 11.7. The predicted molar refractivity (Wildman–Crippen MR) is 131 cm³/mol. The van der Waals surface area contributed by atoms with Gasteiger partial charge in [-0.25, -0.2) is 14.8 Å². The van der Waals surface area contributed by atoms with Gasteiger partial charge in [0.1, 0.15) is 18.5 Å². The Morgan fingerprint density at radius 2 is 2.00 bits per heavy atom. The zero-order valence-corrected chi connectivity index (χ0v) is 21.1. The van der Waals surface area contributed by atoms with Crippen LogP contribution in [0.3, 0.4) is 0 Å². The second kappa shape index (κ2) is 10.3. The fourth-order valence-corrected chi connectivity index (χ4v) is 5.01. The van der Waals surface area contributed by atoms with Gasteiger partial charge >= 0.3 is 5.97 Å². The molecular formula is C26H31BrN2O4. The molecule has 0 saturated heterocycles. The van der Waals surface area contributed by atoms with E-state index in [9.17, 15) is 4.79 Å². The summed E-state index contributed by atoms with van der Waals surface area (Å²) in [7, 11) is 0. The van der Waals surface area contributed by atoms with Crippen molar-refractivity contribution in [3.05, 3.63) is 47.0 Å². The molecule has 1 aliphatic carbocycles. The Morgan fingerprint density at radius 1 is 1.21 bits per heavy atom. The fourth-order valence-electron chi connectivity index (χ4n) is 4.43. The molecule has 0 spiro atoms. The summed E-state index contributed by atoms with van der Waals surface area (Å²) in [6, 6.07) is 10.2. The number of esters is 1. The van der Waals surface area contributed by atoms with E-state index in [1.807, 2.05) is 39.0 Å². The molecule has 1 saturated carbocycles. The van der Waals surface area contributed by atoms with Crippen LogP contribution in [0.2, 0.25) is 0 Å². The predicted octanol–water partition coefficient (Wildman–Crippen LogP) is 6.50. The Kier molecular flexibility index (Phi) is 7.49. The second-order valence-corrected chi connectivity index (χ2v) is 10.1. The number of aromatic nitrogens is 2. The molecule has 0 N–H and O–H groups in total. The van der Waals surface area contributed by atoms with Crippen LogP contribution in [-0.2, 0) is 20.7 Å². The number of hydrogen-bond acceptors (Lipinski definition) is 6. The third kappa shape index (κ3) is 5.82. The quantitative estimate of drug-likeness (QED) is 0.319. The van der Waals surface area contributed by atoms with Gasteiger partial charge in [-0.05, 0) is 73.4 Å². The van der Waals surface area contributed by atoms with Gasteiger partial charge in [-0.2, -0.15) is 0 Å². The van der Waals surface area contributed by atoms with Crippen LogP contribution < -0.4 is 0 Å². The highest BCUT2D eigenvalue weighted by Crippen LogP contribution is 2.40. The largest absolute Gasteiger partial charge is 0.458 e. The Balaban J connectivity index is 1.46. The molecule has 0 bridgehead atoms. The third-order valence-corrected chi connectivity index (χ3v) is 7.04. The molecule has 2 atom stereocenters. The monoisotopic (exact) mass is 514 g/mol. The number of rotatable bonds is 8. The molecule has 0 amide bonds. The summed E-state index contributed by atoms with van der Waals surface area (Å²) in [6.45, 7) is 5.85. The van der Waals surface area contributed by atoms with Crippen molar-refractivity contribution >= 4 is 33.0 Å². The van der Waals surface area contributed by atoms with Crippen molar-refractivity contribution in [2.45, 2.75) is 71.0 Å². The summed E-state index contributed by atoms with van der Waals surface area (Å²) in [5.74, 6) is 0.125. The molecule has 6 nitrogen and oxygen atoms in total. The first kappa shape index (κ1) is 23.9. The van der Waals surface area contributed by atoms with Gasteiger partial charge in [0, 0.05) is 5.56 Å². The second-order valence-electron chi connectivity index (χ2n) is 9.37.